The second-order valence-electron chi connectivity index (χ2n) is 9.11. The number of ketones is 1. The molecule has 7 heteroatoms. The summed E-state index contributed by atoms with van der Waals surface area (Å²) in [6.07, 6.45) is 2.57. The van der Waals surface area contributed by atoms with Crippen LogP contribution >= 0.6 is 0 Å². The van der Waals surface area contributed by atoms with E-state index in [9.17, 15) is 4.79 Å². The lowest BCUT2D eigenvalue weighted by atomic mass is 10.0. The molecule has 0 saturated carbocycles. The molecule has 0 spiro atoms. The van der Waals surface area contributed by atoms with Crippen molar-refractivity contribution in [2.45, 2.75) is 12.8 Å². The van der Waals surface area contributed by atoms with Crippen molar-refractivity contribution in [3.05, 3.63) is 90.3 Å². The third kappa shape index (κ3) is 4.65. The summed E-state index contributed by atoms with van der Waals surface area (Å²) >= 11 is 0. The Kier molecular flexibility index (Phi) is 6.05. The van der Waals surface area contributed by atoms with E-state index < -0.39 is 0 Å². The summed E-state index contributed by atoms with van der Waals surface area (Å²) in [5.41, 5.74) is 6.90. The highest BCUT2D eigenvalue weighted by molar-refractivity contribution is 5.94. The van der Waals surface area contributed by atoms with Crippen LogP contribution in [0.15, 0.2) is 79.0 Å². The molecule has 7 nitrogen and oxygen atoms in total. The van der Waals surface area contributed by atoms with Gasteiger partial charge < -0.3 is 14.6 Å². The zero-order chi connectivity index (χ0) is 24.3. The van der Waals surface area contributed by atoms with Crippen LogP contribution in [0.2, 0.25) is 0 Å². The number of aromatic nitrogens is 4. The van der Waals surface area contributed by atoms with Gasteiger partial charge in [-0.15, -0.1) is 0 Å². The van der Waals surface area contributed by atoms with Gasteiger partial charge in [-0.25, -0.2) is 4.98 Å². The number of nitrogens with one attached hydrogen (secondary N) is 2. The molecule has 2 N–H and O–H groups in total. The first kappa shape index (κ1) is 22.2. The minimum Gasteiger partial charge on any atom is -0.378 e. The molecule has 3 aromatic heterocycles. The standard InChI is InChI=1S/C29H27N5O2/c35-24(17-23-18-28(33-32-23)21-4-2-1-3-5-21)16-20-6-8-22(9-7-20)27-19-25-26(31-27)10-11-30-29(25)34-12-14-36-15-13-34/h1-11,18-19,31H,12-17H2,(H,32,33). The van der Waals surface area contributed by atoms with Crippen molar-refractivity contribution in [1.82, 2.24) is 20.2 Å². The minimum absolute atomic E-state index is 0.151. The van der Waals surface area contributed by atoms with Gasteiger partial charge in [0.2, 0.25) is 0 Å². The molecule has 36 heavy (non-hydrogen) atoms. The van der Waals surface area contributed by atoms with E-state index in [1.165, 1.54) is 0 Å². The first-order chi connectivity index (χ1) is 17.7. The number of Topliss-reactive ketones (excluding diaryl/α,β-unsaturated/α-hetero) is 1. The van der Waals surface area contributed by atoms with Crippen molar-refractivity contribution < 1.29 is 9.53 Å². The fraction of sp³-hybridized carbons (Fsp3) is 0.207. The molecule has 6 rings (SSSR count). The second-order valence-corrected chi connectivity index (χ2v) is 9.11. The van der Waals surface area contributed by atoms with Crippen LogP contribution in [0.1, 0.15) is 11.3 Å². The molecule has 0 atom stereocenters. The van der Waals surface area contributed by atoms with Gasteiger partial charge in [-0.2, -0.15) is 5.10 Å². The lowest BCUT2D eigenvalue weighted by Crippen LogP contribution is -2.36. The van der Waals surface area contributed by atoms with E-state index in [0.717, 1.165) is 76.8 Å². The number of aromatic amines is 2. The van der Waals surface area contributed by atoms with Crippen molar-refractivity contribution in [3.63, 3.8) is 0 Å². The first-order valence-electron chi connectivity index (χ1n) is 12.2. The average Bonchev–Trinajstić information content (AvgIpc) is 3.57. The molecule has 2 aromatic carbocycles. The highest BCUT2D eigenvalue weighted by Gasteiger charge is 2.17. The highest BCUT2D eigenvalue weighted by atomic mass is 16.5. The Labute approximate surface area is 209 Å². The minimum atomic E-state index is 0.151. The van der Waals surface area contributed by atoms with Crippen LogP contribution in [0.25, 0.3) is 33.4 Å². The Morgan fingerprint density at radius 2 is 1.72 bits per heavy atom. The van der Waals surface area contributed by atoms with Crippen molar-refractivity contribution in [2.24, 2.45) is 0 Å². The van der Waals surface area contributed by atoms with Gasteiger partial charge in [0, 0.05) is 54.5 Å². The number of fused-ring (bicyclic) bond motifs is 1. The van der Waals surface area contributed by atoms with E-state index in [-0.39, 0.29) is 5.78 Å². The average molecular weight is 478 g/mol. The van der Waals surface area contributed by atoms with Crippen LogP contribution in [0.5, 0.6) is 0 Å². The maximum Gasteiger partial charge on any atom is 0.143 e. The van der Waals surface area contributed by atoms with Crippen molar-refractivity contribution in [2.75, 3.05) is 31.2 Å². The number of carbonyl (C=O) groups is 1. The summed E-state index contributed by atoms with van der Waals surface area (Å²) in [7, 11) is 0. The molecule has 0 bridgehead atoms. The number of morpholine rings is 1. The van der Waals surface area contributed by atoms with Crippen LogP contribution in [0.3, 0.4) is 0 Å². The molecule has 1 fully saturated rings. The van der Waals surface area contributed by atoms with Gasteiger partial charge in [-0.1, -0.05) is 54.6 Å². The van der Waals surface area contributed by atoms with E-state index in [0.29, 0.717) is 12.8 Å². The summed E-state index contributed by atoms with van der Waals surface area (Å²) in [5.74, 6) is 1.15. The summed E-state index contributed by atoms with van der Waals surface area (Å²) < 4.78 is 5.49. The predicted octanol–water partition coefficient (Wildman–Crippen LogP) is 4.81. The van der Waals surface area contributed by atoms with E-state index in [2.05, 4.69) is 43.3 Å². The van der Waals surface area contributed by atoms with Gasteiger partial charge in [-0.05, 0) is 29.3 Å². The fourth-order valence-electron chi connectivity index (χ4n) is 4.74. The number of nitrogens with zero attached hydrogens (tertiary/aromatic N) is 3. The molecule has 1 aliphatic rings. The number of ether oxygens (including phenoxy) is 1. The van der Waals surface area contributed by atoms with E-state index >= 15 is 0 Å². The van der Waals surface area contributed by atoms with Gasteiger partial charge in [0.1, 0.15) is 11.6 Å². The third-order valence-corrected chi connectivity index (χ3v) is 6.59. The van der Waals surface area contributed by atoms with Crippen molar-refractivity contribution in [3.8, 4) is 22.5 Å². The summed E-state index contributed by atoms with van der Waals surface area (Å²) in [4.78, 5) is 23.2. The molecule has 180 valence electrons. The summed E-state index contributed by atoms with van der Waals surface area (Å²) in [6, 6.07) is 24.3. The Hall–Kier alpha value is -4.23. The monoisotopic (exact) mass is 477 g/mol. The Bertz CT molecular complexity index is 1480. The van der Waals surface area contributed by atoms with Gasteiger partial charge in [0.25, 0.3) is 0 Å². The normalized spacial score (nSPS) is 13.8. The molecule has 0 unspecified atom stereocenters. The third-order valence-electron chi connectivity index (χ3n) is 6.59. The van der Waals surface area contributed by atoms with Crippen LogP contribution < -0.4 is 4.90 Å². The molecule has 1 saturated heterocycles. The number of hydrogen-bond acceptors (Lipinski definition) is 5. The molecule has 4 heterocycles. The largest absolute Gasteiger partial charge is 0.378 e. The number of anilines is 1. The number of benzene rings is 2. The lowest BCUT2D eigenvalue weighted by Gasteiger charge is -2.28. The zero-order valence-electron chi connectivity index (χ0n) is 19.9. The second kappa shape index (κ2) is 9.79. The SMILES string of the molecule is O=C(Cc1ccc(-c2cc3c(N4CCOCC4)nccc3[nH]2)cc1)Cc1cc(-c2ccccc2)n[nH]1. The molecule has 5 aromatic rings. The van der Waals surface area contributed by atoms with E-state index in [4.69, 9.17) is 4.74 Å². The van der Waals surface area contributed by atoms with Crippen LogP contribution in [-0.2, 0) is 22.4 Å². The number of H-pyrrole nitrogens is 2. The van der Waals surface area contributed by atoms with Crippen LogP contribution in [0.4, 0.5) is 5.82 Å². The fourth-order valence-corrected chi connectivity index (χ4v) is 4.74. The van der Waals surface area contributed by atoms with E-state index in [1.807, 2.05) is 60.8 Å². The molecule has 0 radical (unpaired) electrons. The molecule has 1 aliphatic heterocycles. The maximum absolute atomic E-state index is 12.7. The molecular weight excluding hydrogens is 450 g/mol. The Morgan fingerprint density at radius 3 is 2.53 bits per heavy atom. The van der Waals surface area contributed by atoms with Crippen LogP contribution in [0, 0.1) is 0 Å². The summed E-state index contributed by atoms with van der Waals surface area (Å²) in [6.45, 7) is 3.15. The number of carbonyl (C=O) groups excluding carboxylic acids is 1. The Morgan fingerprint density at radius 1 is 0.917 bits per heavy atom. The van der Waals surface area contributed by atoms with E-state index in [1.54, 1.807) is 0 Å². The summed E-state index contributed by atoms with van der Waals surface area (Å²) in [5, 5.41) is 8.47. The van der Waals surface area contributed by atoms with Crippen molar-refractivity contribution in [1.29, 1.82) is 0 Å². The smallest absolute Gasteiger partial charge is 0.143 e. The van der Waals surface area contributed by atoms with Crippen molar-refractivity contribution >= 4 is 22.5 Å². The highest BCUT2D eigenvalue weighted by Crippen LogP contribution is 2.30. The first-order valence-corrected chi connectivity index (χ1v) is 12.2. The molecular formula is C29H27N5O2. The number of hydrogen-bond donors (Lipinski definition) is 2. The maximum atomic E-state index is 12.7. The molecule has 0 aliphatic carbocycles. The van der Waals surface area contributed by atoms with Gasteiger partial charge in [0.15, 0.2) is 0 Å². The topological polar surface area (TPSA) is 86.9 Å². The quantitative estimate of drug-likeness (QED) is 0.351. The molecule has 0 amide bonds. The Balaban J connectivity index is 1.14. The van der Waals surface area contributed by atoms with Gasteiger partial charge >= 0.3 is 0 Å². The zero-order valence-corrected chi connectivity index (χ0v) is 19.9. The number of rotatable bonds is 7. The number of pyridine rings is 1. The van der Waals surface area contributed by atoms with Crippen LogP contribution in [-0.4, -0.2) is 52.3 Å². The predicted molar refractivity (Wildman–Crippen MR) is 141 cm³/mol. The van der Waals surface area contributed by atoms with Gasteiger partial charge in [0.05, 0.1) is 24.4 Å². The van der Waals surface area contributed by atoms with Gasteiger partial charge in [-0.3, -0.25) is 9.89 Å². The lowest BCUT2D eigenvalue weighted by molar-refractivity contribution is -0.117.